The number of ether oxygens (including phenoxy) is 1. The first-order valence-corrected chi connectivity index (χ1v) is 8.48. The van der Waals surface area contributed by atoms with E-state index in [1.54, 1.807) is 11.0 Å². The lowest BCUT2D eigenvalue weighted by molar-refractivity contribution is 0.192. The van der Waals surface area contributed by atoms with Gasteiger partial charge in [0.1, 0.15) is 11.6 Å². The van der Waals surface area contributed by atoms with Crippen LogP contribution in [0.4, 0.5) is 9.18 Å². The van der Waals surface area contributed by atoms with Crippen molar-refractivity contribution in [1.29, 1.82) is 0 Å². The molecule has 0 aliphatic carbocycles. The number of benzene rings is 2. The molecule has 4 nitrogen and oxygen atoms in total. The highest BCUT2D eigenvalue weighted by Crippen LogP contribution is 2.23. The molecule has 0 unspecified atom stereocenters. The number of carbonyl (C=O) groups excluding carboxylic acids is 1. The zero-order valence-corrected chi connectivity index (χ0v) is 14.9. The number of urea groups is 1. The Balaban J connectivity index is 1.62. The van der Waals surface area contributed by atoms with Gasteiger partial charge in [-0.05, 0) is 47.4 Å². The average Bonchev–Trinajstić information content (AvgIpc) is 2.58. The topological polar surface area (TPSA) is 41.6 Å². The van der Waals surface area contributed by atoms with Gasteiger partial charge >= 0.3 is 6.03 Å². The maximum absolute atomic E-state index is 13.5. The van der Waals surface area contributed by atoms with Crippen LogP contribution in [0.15, 0.2) is 40.9 Å². The summed E-state index contributed by atoms with van der Waals surface area (Å²) in [6, 6.07) is 10.4. The molecule has 0 saturated heterocycles. The number of nitrogens with one attached hydrogen (secondary N) is 1. The fraction of sp³-hybridized carbons (Fsp3) is 0.278. The van der Waals surface area contributed by atoms with E-state index >= 15 is 0 Å². The highest BCUT2D eigenvalue weighted by molar-refractivity contribution is 9.10. The van der Waals surface area contributed by atoms with Crippen molar-refractivity contribution in [1.82, 2.24) is 10.2 Å². The van der Waals surface area contributed by atoms with E-state index in [4.69, 9.17) is 4.74 Å². The van der Waals surface area contributed by atoms with Crippen molar-refractivity contribution in [2.45, 2.75) is 19.5 Å². The van der Waals surface area contributed by atoms with Crippen molar-refractivity contribution in [3.63, 3.8) is 0 Å². The van der Waals surface area contributed by atoms with Crippen LogP contribution in [0.25, 0.3) is 0 Å². The van der Waals surface area contributed by atoms with E-state index in [2.05, 4.69) is 27.3 Å². The van der Waals surface area contributed by atoms with E-state index in [1.807, 2.05) is 12.1 Å². The highest BCUT2D eigenvalue weighted by atomic mass is 79.9. The maximum atomic E-state index is 13.5. The van der Waals surface area contributed by atoms with Crippen molar-refractivity contribution in [3.05, 3.63) is 63.4 Å². The van der Waals surface area contributed by atoms with E-state index in [1.165, 1.54) is 24.8 Å². The lowest BCUT2D eigenvalue weighted by Gasteiger charge is -2.29. The normalized spacial score (nSPS) is 13.4. The minimum absolute atomic E-state index is 0.146. The molecule has 1 aliphatic heterocycles. The van der Waals surface area contributed by atoms with Crippen LogP contribution in [0.2, 0.25) is 0 Å². The van der Waals surface area contributed by atoms with Gasteiger partial charge in [-0.25, -0.2) is 9.18 Å². The molecule has 0 fully saturated rings. The van der Waals surface area contributed by atoms with Crippen LogP contribution in [0.3, 0.4) is 0 Å². The number of methoxy groups -OCH3 is 1. The summed E-state index contributed by atoms with van der Waals surface area (Å²) in [5, 5.41) is 2.84. The van der Waals surface area contributed by atoms with E-state index in [9.17, 15) is 9.18 Å². The molecule has 0 saturated carbocycles. The van der Waals surface area contributed by atoms with Crippen LogP contribution in [-0.4, -0.2) is 24.6 Å². The Labute approximate surface area is 148 Å². The number of hydrogen-bond donors (Lipinski definition) is 1. The Morgan fingerprint density at radius 1 is 1.29 bits per heavy atom. The number of amides is 2. The summed E-state index contributed by atoms with van der Waals surface area (Å²) in [4.78, 5) is 14.1. The van der Waals surface area contributed by atoms with Crippen molar-refractivity contribution < 1.29 is 13.9 Å². The van der Waals surface area contributed by atoms with Gasteiger partial charge in [0.05, 0.1) is 7.11 Å². The summed E-state index contributed by atoms with van der Waals surface area (Å²) in [5.74, 6) is 0.0628. The van der Waals surface area contributed by atoms with Gasteiger partial charge in [0, 0.05) is 30.2 Å². The summed E-state index contributed by atoms with van der Waals surface area (Å²) in [6.07, 6.45) is 0.829. The third-order valence-electron chi connectivity index (χ3n) is 4.08. The predicted octanol–water partition coefficient (Wildman–Crippen LogP) is 3.86. The number of fused-ring (bicyclic) bond motifs is 1. The molecular weight excluding hydrogens is 375 g/mol. The number of carbonyl (C=O) groups is 1. The van der Waals surface area contributed by atoms with E-state index < -0.39 is 0 Å². The van der Waals surface area contributed by atoms with Crippen molar-refractivity contribution in [2.75, 3.05) is 13.7 Å². The lowest BCUT2D eigenvalue weighted by Crippen LogP contribution is -2.42. The summed E-state index contributed by atoms with van der Waals surface area (Å²) in [7, 11) is 1.49. The second-order valence-corrected chi connectivity index (χ2v) is 6.66. The Morgan fingerprint density at radius 2 is 2.12 bits per heavy atom. The molecule has 0 atom stereocenters. The number of halogens is 2. The molecule has 2 aromatic rings. The molecule has 1 N–H and O–H groups in total. The highest BCUT2D eigenvalue weighted by Gasteiger charge is 2.20. The predicted molar refractivity (Wildman–Crippen MR) is 93.4 cm³/mol. The van der Waals surface area contributed by atoms with E-state index in [0.29, 0.717) is 24.4 Å². The van der Waals surface area contributed by atoms with Gasteiger partial charge in [-0.3, -0.25) is 0 Å². The van der Waals surface area contributed by atoms with Gasteiger partial charge in [0.25, 0.3) is 0 Å². The van der Waals surface area contributed by atoms with Crippen molar-refractivity contribution in [3.8, 4) is 5.75 Å². The Morgan fingerprint density at radius 3 is 2.92 bits per heavy atom. The lowest BCUT2D eigenvalue weighted by atomic mass is 10.0. The van der Waals surface area contributed by atoms with E-state index in [0.717, 1.165) is 16.5 Å². The van der Waals surface area contributed by atoms with Crippen LogP contribution in [0.1, 0.15) is 16.7 Å². The number of rotatable bonds is 3. The van der Waals surface area contributed by atoms with Crippen LogP contribution in [0, 0.1) is 5.82 Å². The fourth-order valence-electron chi connectivity index (χ4n) is 2.83. The zero-order chi connectivity index (χ0) is 17.1. The second kappa shape index (κ2) is 7.21. The van der Waals surface area contributed by atoms with Gasteiger partial charge in [-0.1, -0.05) is 22.0 Å². The summed E-state index contributed by atoms with van der Waals surface area (Å²) in [5.41, 5.74) is 3.09. The van der Waals surface area contributed by atoms with Gasteiger partial charge < -0.3 is 15.0 Å². The van der Waals surface area contributed by atoms with Crippen LogP contribution in [-0.2, 0) is 19.5 Å². The molecule has 126 valence electrons. The maximum Gasteiger partial charge on any atom is 0.317 e. The van der Waals surface area contributed by atoms with Gasteiger partial charge in [0.15, 0.2) is 0 Å². The van der Waals surface area contributed by atoms with Crippen LogP contribution >= 0.6 is 15.9 Å². The van der Waals surface area contributed by atoms with Gasteiger partial charge in [-0.2, -0.15) is 0 Å². The SMILES string of the molecule is COc1cc(F)cc(CNC(=O)N2CCc3cc(Br)ccc3C2)c1. The molecule has 0 aromatic heterocycles. The Bertz CT molecular complexity index is 767. The molecule has 2 aromatic carbocycles. The zero-order valence-electron chi connectivity index (χ0n) is 13.3. The Hall–Kier alpha value is -2.08. The Kier molecular flexibility index (Phi) is 5.04. The van der Waals surface area contributed by atoms with Gasteiger partial charge in [-0.15, -0.1) is 0 Å². The summed E-state index contributed by atoms with van der Waals surface area (Å²) >= 11 is 3.47. The smallest absolute Gasteiger partial charge is 0.317 e. The number of hydrogen-bond acceptors (Lipinski definition) is 2. The first-order valence-electron chi connectivity index (χ1n) is 7.68. The number of nitrogens with zero attached hydrogens (tertiary/aromatic N) is 1. The molecule has 1 aliphatic rings. The first kappa shape index (κ1) is 16.8. The summed E-state index contributed by atoms with van der Waals surface area (Å²) < 4.78 is 19.6. The minimum atomic E-state index is -0.379. The second-order valence-electron chi connectivity index (χ2n) is 5.74. The molecular formula is C18H18BrFN2O2. The van der Waals surface area contributed by atoms with E-state index in [-0.39, 0.29) is 18.4 Å². The van der Waals surface area contributed by atoms with Crippen LogP contribution < -0.4 is 10.1 Å². The molecule has 0 spiro atoms. The monoisotopic (exact) mass is 392 g/mol. The standard InChI is InChI=1S/C18H18BrFN2O2/c1-24-17-7-12(6-16(20)9-17)10-21-18(23)22-5-4-13-8-15(19)3-2-14(13)11-22/h2-3,6-9H,4-5,10-11H2,1H3,(H,21,23). The first-order chi connectivity index (χ1) is 11.5. The molecule has 6 heteroatoms. The van der Waals surface area contributed by atoms with Crippen LogP contribution in [0.5, 0.6) is 5.75 Å². The molecule has 24 heavy (non-hydrogen) atoms. The third kappa shape index (κ3) is 3.87. The van der Waals surface area contributed by atoms with Crippen molar-refractivity contribution in [2.24, 2.45) is 0 Å². The fourth-order valence-corrected chi connectivity index (χ4v) is 3.23. The van der Waals surface area contributed by atoms with Crippen molar-refractivity contribution >= 4 is 22.0 Å². The molecule has 2 amide bonds. The van der Waals surface area contributed by atoms with Gasteiger partial charge in [0.2, 0.25) is 0 Å². The third-order valence-corrected chi connectivity index (χ3v) is 4.57. The molecule has 0 radical (unpaired) electrons. The molecule has 1 heterocycles. The minimum Gasteiger partial charge on any atom is -0.497 e. The molecule has 0 bridgehead atoms. The molecule has 3 rings (SSSR count). The largest absolute Gasteiger partial charge is 0.497 e. The quantitative estimate of drug-likeness (QED) is 0.861. The average molecular weight is 393 g/mol. The summed E-state index contributed by atoms with van der Waals surface area (Å²) in [6.45, 7) is 1.51.